The first-order valence-electron chi connectivity index (χ1n) is 10.5. The van der Waals surface area contributed by atoms with E-state index < -0.39 is 20.5 Å². The van der Waals surface area contributed by atoms with E-state index in [0.29, 0.717) is 23.4 Å². The number of ether oxygens (including phenoxy) is 1. The number of rotatable bonds is 6. The van der Waals surface area contributed by atoms with Crippen molar-refractivity contribution in [2.75, 3.05) is 39.1 Å². The van der Waals surface area contributed by atoms with Gasteiger partial charge < -0.3 is 9.64 Å². The Morgan fingerprint density at radius 3 is 2.67 bits per heavy atom. The Morgan fingerprint density at radius 1 is 1.36 bits per heavy atom. The van der Waals surface area contributed by atoms with Crippen molar-refractivity contribution >= 4 is 33.0 Å². The molecule has 2 saturated heterocycles. The molecule has 2 N–H and O–H groups in total. The molecule has 1 aromatic rings. The first kappa shape index (κ1) is 23.7. The van der Waals surface area contributed by atoms with Gasteiger partial charge in [0.15, 0.2) is 14.6 Å². The average molecular weight is 492 g/mol. The fraction of sp³-hybridized carbons (Fsp3) is 0.545. The van der Waals surface area contributed by atoms with E-state index in [0.717, 1.165) is 43.0 Å². The van der Waals surface area contributed by atoms with Gasteiger partial charge >= 0.3 is 0 Å². The zero-order chi connectivity index (χ0) is 23.8. The number of amides is 2. The summed E-state index contributed by atoms with van der Waals surface area (Å²) in [6.45, 7) is 5.16. The summed E-state index contributed by atoms with van der Waals surface area (Å²) in [7, 11) is -3.82. The molecular weight excluding hydrogens is 466 g/mol. The van der Waals surface area contributed by atoms with Crippen molar-refractivity contribution in [2.24, 2.45) is 5.92 Å². The molecule has 3 aliphatic rings. The van der Waals surface area contributed by atoms with Gasteiger partial charge in [-0.3, -0.25) is 19.7 Å². The van der Waals surface area contributed by atoms with Crippen LogP contribution in [-0.4, -0.2) is 85.1 Å². The summed E-state index contributed by atoms with van der Waals surface area (Å²) in [5.74, 6) is 11.0. The molecule has 33 heavy (non-hydrogen) atoms. The van der Waals surface area contributed by atoms with Gasteiger partial charge in [0.25, 0.3) is 11.8 Å². The lowest BCUT2D eigenvalue weighted by Gasteiger charge is -2.45. The highest BCUT2D eigenvalue weighted by Gasteiger charge is 2.44. The molecule has 1 atom stereocenters. The summed E-state index contributed by atoms with van der Waals surface area (Å²) in [5.41, 5.74) is 2.24. The molecule has 9 nitrogen and oxygen atoms in total. The minimum absolute atomic E-state index is 0.0646. The number of nitrogens with one attached hydrogen (secondary N) is 1. The lowest BCUT2D eigenvalue weighted by molar-refractivity contribution is -0.131. The molecular formula is C22H25N3O6S2. The second-order valence-electron chi connectivity index (χ2n) is 8.75. The van der Waals surface area contributed by atoms with Gasteiger partial charge in [-0.25, -0.2) is 13.9 Å². The van der Waals surface area contributed by atoms with Gasteiger partial charge in [-0.05, 0) is 42.7 Å². The Bertz CT molecular complexity index is 1190. The van der Waals surface area contributed by atoms with Crippen molar-refractivity contribution in [3.63, 3.8) is 0 Å². The molecule has 0 spiro atoms. The molecule has 4 rings (SSSR count). The van der Waals surface area contributed by atoms with Crippen LogP contribution in [0, 0.1) is 29.6 Å². The van der Waals surface area contributed by atoms with Crippen molar-refractivity contribution < 1.29 is 28.0 Å². The van der Waals surface area contributed by atoms with Crippen LogP contribution in [0.3, 0.4) is 0 Å². The first-order chi connectivity index (χ1) is 15.6. The number of nitrogens with zero attached hydrogens (tertiary/aromatic N) is 2. The van der Waals surface area contributed by atoms with Crippen molar-refractivity contribution in [3.8, 4) is 23.7 Å². The van der Waals surface area contributed by atoms with E-state index in [1.54, 1.807) is 0 Å². The van der Waals surface area contributed by atoms with Crippen LogP contribution >= 0.6 is 11.3 Å². The molecule has 176 valence electrons. The SMILES string of the molecule is C[C@@](CCN1Cc2cc(C#CC#CC3CN(C4COC4)C3)sc2C1=O)(C(=O)NO)S(C)(=O)=O. The molecule has 0 unspecified atom stereocenters. The van der Waals surface area contributed by atoms with Crippen molar-refractivity contribution in [1.82, 2.24) is 15.3 Å². The fourth-order valence-electron chi connectivity index (χ4n) is 3.89. The second kappa shape index (κ2) is 9.09. The van der Waals surface area contributed by atoms with E-state index >= 15 is 0 Å². The van der Waals surface area contributed by atoms with E-state index in [4.69, 9.17) is 9.94 Å². The van der Waals surface area contributed by atoms with Gasteiger partial charge in [0, 0.05) is 38.4 Å². The highest BCUT2D eigenvalue weighted by atomic mass is 32.2. The molecule has 0 saturated carbocycles. The Hall–Kier alpha value is -2.41. The summed E-state index contributed by atoms with van der Waals surface area (Å²) in [5, 5.41) is 8.93. The maximum absolute atomic E-state index is 12.7. The fourth-order valence-corrected chi connectivity index (χ4v) is 5.73. The number of fused-ring (bicyclic) bond motifs is 1. The molecule has 3 aliphatic heterocycles. The van der Waals surface area contributed by atoms with Crippen molar-refractivity contribution in [1.29, 1.82) is 0 Å². The van der Waals surface area contributed by atoms with Gasteiger partial charge in [-0.2, -0.15) is 0 Å². The number of hydrogen-bond donors (Lipinski definition) is 2. The number of hydrogen-bond acceptors (Lipinski definition) is 8. The molecule has 0 aromatic carbocycles. The smallest absolute Gasteiger partial charge is 0.264 e. The third kappa shape index (κ3) is 4.65. The highest BCUT2D eigenvalue weighted by molar-refractivity contribution is 7.92. The zero-order valence-electron chi connectivity index (χ0n) is 18.4. The van der Waals surface area contributed by atoms with Crippen LogP contribution in [0.25, 0.3) is 0 Å². The third-order valence-corrected chi connectivity index (χ3v) is 9.59. The van der Waals surface area contributed by atoms with Crippen molar-refractivity contribution in [2.45, 2.75) is 30.7 Å². The Balaban J connectivity index is 1.32. The largest absolute Gasteiger partial charge is 0.378 e. The molecule has 11 heteroatoms. The topological polar surface area (TPSA) is 116 Å². The lowest BCUT2D eigenvalue weighted by Crippen LogP contribution is -2.58. The van der Waals surface area contributed by atoms with Gasteiger partial charge in [0.05, 0.1) is 29.0 Å². The summed E-state index contributed by atoms with van der Waals surface area (Å²) < 4.78 is 27.6. The van der Waals surface area contributed by atoms with Crippen LogP contribution < -0.4 is 5.48 Å². The Kier molecular flexibility index (Phi) is 6.54. The van der Waals surface area contributed by atoms with Crippen LogP contribution in [0.15, 0.2) is 6.07 Å². The van der Waals surface area contributed by atoms with Crippen LogP contribution in [0.4, 0.5) is 0 Å². The monoisotopic (exact) mass is 491 g/mol. The minimum Gasteiger partial charge on any atom is -0.378 e. The highest BCUT2D eigenvalue weighted by Crippen LogP contribution is 2.32. The van der Waals surface area contributed by atoms with Gasteiger partial charge in [0.2, 0.25) is 0 Å². The van der Waals surface area contributed by atoms with Crippen LogP contribution in [0.2, 0.25) is 0 Å². The molecule has 0 aliphatic carbocycles. The summed E-state index contributed by atoms with van der Waals surface area (Å²) in [6, 6.07) is 2.40. The molecule has 2 amide bonds. The summed E-state index contributed by atoms with van der Waals surface area (Å²) >= 11 is 1.28. The maximum Gasteiger partial charge on any atom is 0.264 e. The second-order valence-corrected chi connectivity index (χ2v) is 12.2. The average Bonchev–Trinajstić information content (AvgIpc) is 3.22. The standard InChI is InChI=1S/C22H25N3O6S2/c1-22(21(27)23-28,33(2,29)30)7-8-24-12-16-9-18(32-19(16)20(24)26)6-4-3-5-15-10-25(11-15)17-13-31-14-17/h9,15,17,28H,7-8,10-14H2,1-2H3,(H,23,27)/t22-/m1/s1. The molecule has 2 fully saturated rings. The number of carbonyl (C=O) groups is 2. The van der Waals surface area contributed by atoms with Gasteiger partial charge in [0.1, 0.15) is 0 Å². The third-order valence-electron chi connectivity index (χ3n) is 6.48. The Labute approximate surface area is 197 Å². The van der Waals surface area contributed by atoms with Gasteiger partial charge in [-0.1, -0.05) is 5.92 Å². The van der Waals surface area contributed by atoms with Crippen LogP contribution in [0.5, 0.6) is 0 Å². The molecule has 4 heterocycles. The van der Waals surface area contributed by atoms with E-state index in [-0.39, 0.29) is 18.9 Å². The van der Waals surface area contributed by atoms with E-state index in [9.17, 15) is 18.0 Å². The zero-order valence-corrected chi connectivity index (χ0v) is 20.0. The Morgan fingerprint density at radius 2 is 2.09 bits per heavy atom. The predicted octanol–water partition coefficient (Wildman–Crippen LogP) is 0.0882. The summed E-state index contributed by atoms with van der Waals surface area (Å²) in [6.07, 6.45) is 0.802. The van der Waals surface area contributed by atoms with Crippen LogP contribution in [0.1, 0.15) is 33.5 Å². The normalized spacial score (nSPS) is 20.5. The van der Waals surface area contributed by atoms with Gasteiger partial charge in [-0.15, -0.1) is 11.3 Å². The number of thiophene rings is 1. The van der Waals surface area contributed by atoms with E-state index in [1.165, 1.54) is 28.6 Å². The number of likely N-dealkylation sites (tertiary alicyclic amines) is 1. The molecule has 0 radical (unpaired) electrons. The van der Waals surface area contributed by atoms with E-state index in [2.05, 4.69) is 28.6 Å². The van der Waals surface area contributed by atoms with E-state index in [1.807, 2.05) is 6.07 Å². The summed E-state index contributed by atoms with van der Waals surface area (Å²) in [4.78, 5) is 29.9. The number of carbonyl (C=O) groups excluding carboxylic acids is 2. The van der Waals surface area contributed by atoms with Crippen molar-refractivity contribution in [3.05, 3.63) is 21.4 Å². The number of sulfone groups is 1. The number of hydroxylamine groups is 1. The quantitative estimate of drug-likeness (QED) is 0.329. The maximum atomic E-state index is 12.7. The first-order valence-corrected chi connectivity index (χ1v) is 13.2. The molecule has 1 aromatic heterocycles. The van der Waals surface area contributed by atoms with Crippen LogP contribution in [-0.2, 0) is 25.9 Å². The molecule has 0 bridgehead atoms. The predicted molar refractivity (Wildman–Crippen MR) is 121 cm³/mol. The minimum atomic E-state index is -3.82. The lowest BCUT2D eigenvalue weighted by atomic mass is 9.97.